The Labute approximate surface area is 112 Å². The Morgan fingerprint density at radius 3 is 2.68 bits per heavy atom. The Balaban J connectivity index is 2.82. The summed E-state index contributed by atoms with van der Waals surface area (Å²) in [4.78, 5) is 28.2. The van der Waals surface area contributed by atoms with E-state index in [1.54, 1.807) is 11.0 Å². The van der Waals surface area contributed by atoms with Crippen LogP contribution in [0.5, 0.6) is 0 Å². The van der Waals surface area contributed by atoms with Gasteiger partial charge in [0.25, 0.3) is 0 Å². The molecule has 1 aromatic heterocycles. The average Bonchev–Trinajstić information content (AvgIpc) is 2.35. The lowest BCUT2D eigenvalue weighted by Gasteiger charge is -2.23. The number of carbonyl (C=O) groups is 2. The number of hydrogen-bond acceptors (Lipinski definition) is 4. The lowest BCUT2D eigenvalue weighted by molar-refractivity contribution is -0.120. The number of likely N-dealkylation sites (N-methyl/N-ethyl adjacent to an activating group) is 1. The van der Waals surface area contributed by atoms with E-state index in [1.807, 2.05) is 20.8 Å². The first-order valence-electron chi connectivity index (χ1n) is 6.17. The van der Waals surface area contributed by atoms with E-state index in [0.29, 0.717) is 12.2 Å². The van der Waals surface area contributed by atoms with Crippen molar-refractivity contribution >= 4 is 17.6 Å². The molecule has 0 aromatic carbocycles. The molecule has 6 heteroatoms. The number of amides is 1. The summed E-state index contributed by atoms with van der Waals surface area (Å²) in [5, 5.41) is 11.7. The summed E-state index contributed by atoms with van der Waals surface area (Å²) in [7, 11) is 0. The first kappa shape index (κ1) is 14.9. The number of hydrogen-bond donors (Lipinski definition) is 2. The van der Waals surface area contributed by atoms with Crippen LogP contribution in [0.3, 0.4) is 0 Å². The monoisotopic (exact) mass is 265 g/mol. The number of aromatic carboxylic acids is 1. The molecule has 2 N–H and O–H groups in total. The molecule has 0 aliphatic heterocycles. The lowest BCUT2D eigenvalue weighted by atomic mass is 10.2. The number of carboxylic acids is 1. The normalized spacial score (nSPS) is 10.3. The summed E-state index contributed by atoms with van der Waals surface area (Å²) in [6.07, 6.45) is 1.43. The van der Waals surface area contributed by atoms with E-state index < -0.39 is 5.97 Å². The fraction of sp³-hybridized carbons (Fsp3) is 0.462. The van der Waals surface area contributed by atoms with Crippen LogP contribution in [0.1, 0.15) is 31.3 Å². The zero-order valence-corrected chi connectivity index (χ0v) is 11.4. The van der Waals surface area contributed by atoms with Crippen LogP contribution < -0.4 is 10.2 Å². The second-order valence-corrected chi connectivity index (χ2v) is 4.44. The molecule has 0 saturated heterocycles. The highest BCUT2D eigenvalue weighted by Gasteiger charge is 2.13. The molecule has 1 rings (SSSR count). The van der Waals surface area contributed by atoms with Crippen molar-refractivity contribution in [3.8, 4) is 0 Å². The highest BCUT2D eigenvalue weighted by Crippen LogP contribution is 2.14. The number of aromatic nitrogens is 1. The van der Waals surface area contributed by atoms with Crippen LogP contribution >= 0.6 is 0 Å². The molecule has 0 aliphatic carbocycles. The topological polar surface area (TPSA) is 82.5 Å². The summed E-state index contributed by atoms with van der Waals surface area (Å²) in [5.41, 5.74) is 0.647. The smallest absolute Gasteiger partial charge is 0.354 e. The third-order valence-electron chi connectivity index (χ3n) is 2.49. The van der Waals surface area contributed by atoms with Crippen LogP contribution in [0.25, 0.3) is 0 Å². The van der Waals surface area contributed by atoms with Gasteiger partial charge in [-0.2, -0.15) is 0 Å². The number of nitrogens with one attached hydrogen (secondary N) is 1. The lowest BCUT2D eigenvalue weighted by Crippen LogP contribution is -2.40. The maximum absolute atomic E-state index is 11.7. The van der Waals surface area contributed by atoms with Crippen molar-refractivity contribution in [1.29, 1.82) is 0 Å². The summed E-state index contributed by atoms with van der Waals surface area (Å²) in [6.45, 7) is 6.49. The largest absolute Gasteiger partial charge is 0.477 e. The van der Waals surface area contributed by atoms with Crippen molar-refractivity contribution in [3.63, 3.8) is 0 Å². The molecule has 0 spiro atoms. The molecule has 1 aromatic rings. The number of carbonyl (C=O) groups excluding carboxylic acids is 1. The van der Waals surface area contributed by atoms with Crippen LogP contribution in [-0.2, 0) is 4.79 Å². The molecule has 0 radical (unpaired) electrons. The molecule has 6 nitrogen and oxygen atoms in total. The zero-order valence-electron chi connectivity index (χ0n) is 11.4. The van der Waals surface area contributed by atoms with Gasteiger partial charge in [-0.05, 0) is 32.9 Å². The van der Waals surface area contributed by atoms with Gasteiger partial charge in [0.1, 0.15) is 5.69 Å². The first-order chi connectivity index (χ1) is 8.93. The van der Waals surface area contributed by atoms with Gasteiger partial charge < -0.3 is 15.3 Å². The van der Waals surface area contributed by atoms with Gasteiger partial charge in [-0.1, -0.05) is 0 Å². The Morgan fingerprint density at radius 1 is 1.47 bits per heavy atom. The molecule has 0 unspecified atom stereocenters. The van der Waals surface area contributed by atoms with Crippen LogP contribution in [0.4, 0.5) is 5.69 Å². The molecule has 1 amide bonds. The van der Waals surface area contributed by atoms with Crippen LogP contribution in [-0.4, -0.2) is 41.1 Å². The van der Waals surface area contributed by atoms with E-state index in [2.05, 4.69) is 10.3 Å². The number of nitrogens with zero attached hydrogens (tertiary/aromatic N) is 2. The molecule has 0 saturated carbocycles. The second kappa shape index (κ2) is 6.72. The third-order valence-corrected chi connectivity index (χ3v) is 2.49. The van der Waals surface area contributed by atoms with Crippen molar-refractivity contribution in [2.45, 2.75) is 26.8 Å². The van der Waals surface area contributed by atoms with E-state index in [0.717, 1.165) is 0 Å². The van der Waals surface area contributed by atoms with Gasteiger partial charge in [0.2, 0.25) is 5.91 Å². The third kappa shape index (κ3) is 4.57. The predicted octanol–water partition coefficient (Wildman–Crippen LogP) is 1.13. The number of rotatable bonds is 6. The van der Waals surface area contributed by atoms with Gasteiger partial charge in [0.05, 0.1) is 6.54 Å². The Kier molecular flexibility index (Phi) is 5.29. The highest BCUT2D eigenvalue weighted by atomic mass is 16.4. The number of pyridine rings is 1. The molecule has 19 heavy (non-hydrogen) atoms. The van der Waals surface area contributed by atoms with E-state index in [4.69, 9.17) is 5.11 Å². The molecule has 0 bridgehead atoms. The molecular formula is C13H19N3O3. The fourth-order valence-corrected chi connectivity index (χ4v) is 1.66. The maximum atomic E-state index is 11.7. The minimum absolute atomic E-state index is 0.0276. The molecule has 1 heterocycles. The number of carboxylic acid groups (broad SMARTS) is 1. The van der Waals surface area contributed by atoms with Gasteiger partial charge in [-0.3, -0.25) is 4.79 Å². The molecule has 0 aliphatic rings. The summed E-state index contributed by atoms with van der Waals surface area (Å²) in [5.74, 6) is -1.17. The molecule has 104 valence electrons. The fourth-order valence-electron chi connectivity index (χ4n) is 1.66. The Bertz CT molecular complexity index is 460. The average molecular weight is 265 g/mol. The second-order valence-electron chi connectivity index (χ2n) is 4.44. The molecular weight excluding hydrogens is 246 g/mol. The summed E-state index contributed by atoms with van der Waals surface area (Å²) >= 11 is 0. The minimum atomic E-state index is -1.08. The van der Waals surface area contributed by atoms with Crippen molar-refractivity contribution in [2.24, 2.45) is 0 Å². The Morgan fingerprint density at radius 2 is 2.16 bits per heavy atom. The minimum Gasteiger partial charge on any atom is -0.477 e. The van der Waals surface area contributed by atoms with E-state index >= 15 is 0 Å². The van der Waals surface area contributed by atoms with Crippen LogP contribution in [0.2, 0.25) is 0 Å². The quantitative estimate of drug-likeness (QED) is 0.805. The Hall–Kier alpha value is -2.11. The van der Waals surface area contributed by atoms with Crippen molar-refractivity contribution in [1.82, 2.24) is 10.3 Å². The van der Waals surface area contributed by atoms with Crippen molar-refractivity contribution in [2.75, 3.05) is 18.0 Å². The van der Waals surface area contributed by atoms with Gasteiger partial charge >= 0.3 is 5.97 Å². The SMILES string of the molecule is CCN(CC(=O)NC(C)C)c1ccnc(C(=O)O)c1. The van der Waals surface area contributed by atoms with E-state index in [9.17, 15) is 9.59 Å². The predicted molar refractivity (Wildman–Crippen MR) is 72.4 cm³/mol. The van der Waals surface area contributed by atoms with Crippen LogP contribution in [0.15, 0.2) is 18.3 Å². The van der Waals surface area contributed by atoms with E-state index in [1.165, 1.54) is 12.3 Å². The zero-order chi connectivity index (χ0) is 14.4. The van der Waals surface area contributed by atoms with Gasteiger partial charge in [-0.15, -0.1) is 0 Å². The highest BCUT2D eigenvalue weighted by molar-refractivity contribution is 5.87. The van der Waals surface area contributed by atoms with Gasteiger partial charge in [-0.25, -0.2) is 9.78 Å². The van der Waals surface area contributed by atoms with Crippen molar-refractivity contribution in [3.05, 3.63) is 24.0 Å². The van der Waals surface area contributed by atoms with Crippen molar-refractivity contribution < 1.29 is 14.7 Å². The molecule has 0 atom stereocenters. The van der Waals surface area contributed by atoms with Gasteiger partial charge in [0.15, 0.2) is 0 Å². The summed E-state index contributed by atoms with van der Waals surface area (Å²) < 4.78 is 0. The van der Waals surface area contributed by atoms with Gasteiger partial charge in [0, 0.05) is 24.5 Å². The number of anilines is 1. The van der Waals surface area contributed by atoms with Crippen LogP contribution in [0, 0.1) is 0 Å². The standard InChI is InChI=1S/C13H19N3O3/c1-4-16(8-12(17)15-9(2)3)10-5-6-14-11(7-10)13(18)19/h5-7,9H,4,8H2,1-3H3,(H,15,17)(H,18,19). The maximum Gasteiger partial charge on any atom is 0.354 e. The van der Waals surface area contributed by atoms with E-state index in [-0.39, 0.29) is 24.2 Å². The summed E-state index contributed by atoms with van der Waals surface area (Å²) in [6, 6.07) is 3.24. The first-order valence-corrected chi connectivity index (χ1v) is 6.17. The molecule has 0 fully saturated rings.